The SMILES string of the molecule is O=C1NC2(CO1)CC(C(=O)N1CC(OCc3ccc(C(F)(F)F)c(F)c3F)C1)C2. The fraction of sp³-hybridized carbons (Fsp3) is 0.556. The summed E-state index contributed by atoms with van der Waals surface area (Å²) in [4.78, 5) is 25.1. The molecule has 1 saturated carbocycles. The van der Waals surface area contributed by atoms with Crippen LogP contribution in [0.2, 0.25) is 0 Å². The lowest BCUT2D eigenvalue weighted by Gasteiger charge is -2.47. The average molecular weight is 420 g/mol. The summed E-state index contributed by atoms with van der Waals surface area (Å²) in [5.74, 6) is -3.85. The van der Waals surface area contributed by atoms with Crippen LogP contribution < -0.4 is 5.32 Å². The molecule has 2 heterocycles. The number of benzene rings is 1. The molecule has 158 valence electrons. The molecule has 1 aliphatic carbocycles. The summed E-state index contributed by atoms with van der Waals surface area (Å²) < 4.78 is 75.4. The van der Waals surface area contributed by atoms with Gasteiger partial charge in [-0.05, 0) is 18.9 Å². The third-order valence-corrected chi connectivity index (χ3v) is 5.57. The minimum atomic E-state index is -4.98. The van der Waals surface area contributed by atoms with Gasteiger partial charge in [0.15, 0.2) is 11.6 Å². The third kappa shape index (κ3) is 3.63. The van der Waals surface area contributed by atoms with Crippen LogP contribution in [0.5, 0.6) is 0 Å². The quantitative estimate of drug-likeness (QED) is 0.761. The number of alkyl carbamates (subject to hydrolysis) is 1. The summed E-state index contributed by atoms with van der Waals surface area (Å²) in [5, 5.41) is 2.70. The second kappa shape index (κ2) is 6.82. The Hall–Kier alpha value is -2.43. The monoisotopic (exact) mass is 420 g/mol. The standard InChI is InChI=1S/C18H17F5N2O4/c19-13-9(1-2-12(14(13)20)18(21,22)23)7-28-11-5-25(6-11)15(26)10-3-17(4-10)8-29-16(27)24-17/h1-2,10-11H,3-8H2,(H,24,27). The highest BCUT2D eigenvalue weighted by Gasteiger charge is 2.54. The second-order valence-electron chi connectivity index (χ2n) is 7.66. The van der Waals surface area contributed by atoms with Crippen LogP contribution in [-0.4, -0.2) is 48.2 Å². The second-order valence-corrected chi connectivity index (χ2v) is 7.66. The van der Waals surface area contributed by atoms with Crippen LogP contribution in [-0.2, 0) is 27.1 Å². The molecule has 3 fully saturated rings. The van der Waals surface area contributed by atoms with Crippen LogP contribution in [0, 0.1) is 17.6 Å². The van der Waals surface area contributed by atoms with Crippen molar-refractivity contribution in [2.24, 2.45) is 5.92 Å². The van der Waals surface area contributed by atoms with Gasteiger partial charge in [0.05, 0.1) is 23.8 Å². The number of ether oxygens (including phenoxy) is 2. The van der Waals surface area contributed by atoms with Crippen molar-refractivity contribution in [2.75, 3.05) is 19.7 Å². The van der Waals surface area contributed by atoms with E-state index in [1.165, 1.54) is 0 Å². The first-order valence-electron chi connectivity index (χ1n) is 8.97. The Morgan fingerprint density at radius 3 is 2.52 bits per heavy atom. The molecule has 0 radical (unpaired) electrons. The van der Waals surface area contributed by atoms with Crippen molar-refractivity contribution in [3.05, 3.63) is 34.9 Å². The van der Waals surface area contributed by atoms with Crippen LogP contribution in [0.15, 0.2) is 12.1 Å². The van der Waals surface area contributed by atoms with Gasteiger partial charge < -0.3 is 19.7 Å². The molecule has 1 spiro atoms. The molecule has 6 nitrogen and oxygen atoms in total. The smallest absolute Gasteiger partial charge is 0.419 e. The number of rotatable bonds is 4. The Morgan fingerprint density at radius 1 is 1.24 bits per heavy atom. The average Bonchev–Trinajstić information content (AvgIpc) is 2.96. The molecule has 0 atom stereocenters. The van der Waals surface area contributed by atoms with Crippen molar-refractivity contribution in [2.45, 2.75) is 37.3 Å². The number of cyclic esters (lactones) is 1. The zero-order chi connectivity index (χ0) is 21.0. The van der Waals surface area contributed by atoms with E-state index in [2.05, 4.69) is 5.32 Å². The van der Waals surface area contributed by atoms with E-state index < -0.39 is 47.7 Å². The number of carbonyl (C=O) groups is 2. The number of nitrogens with one attached hydrogen (secondary N) is 1. The summed E-state index contributed by atoms with van der Waals surface area (Å²) in [6, 6.07) is 1.32. The largest absolute Gasteiger partial charge is 0.447 e. The number of carbonyl (C=O) groups excluding carboxylic acids is 2. The molecule has 3 aliphatic rings. The van der Waals surface area contributed by atoms with Gasteiger partial charge in [0.1, 0.15) is 6.61 Å². The van der Waals surface area contributed by atoms with Gasteiger partial charge in [-0.1, -0.05) is 6.07 Å². The molecule has 29 heavy (non-hydrogen) atoms. The van der Waals surface area contributed by atoms with Crippen LogP contribution in [0.4, 0.5) is 26.7 Å². The predicted molar refractivity (Wildman–Crippen MR) is 86.5 cm³/mol. The number of halogens is 5. The van der Waals surface area contributed by atoms with Gasteiger partial charge in [0.2, 0.25) is 5.91 Å². The number of nitrogens with zero attached hydrogens (tertiary/aromatic N) is 1. The third-order valence-electron chi connectivity index (χ3n) is 5.57. The lowest BCUT2D eigenvalue weighted by molar-refractivity contribution is -0.155. The number of likely N-dealkylation sites (tertiary alicyclic amines) is 1. The highest BCUT2D eigenvalue weighted by Crippen LogP contribution is 2.42. The summed E-state index contributed by atoms with van der Waals surface area (Å²) in [6.07, 6.45) is -4.88. The van der Waals surface area contributed by atoms with Gasteiger partial charge in [0.25, 0.3) is 0 Å². The lowest BCUT2D eigenvalue weighted by Crippen LogP contribution is -2.62. The minimum Gasteiger partial charge on any atom is -0.447 e. The van der Waals surface area contributed by atoms with Crippen molar-refractivity contribution in [3.8, 4) is 0 Å². The number of hydrogen-bond acceptors (Lipinski definition) is 4. The lowest BCUT2D eigenvalue weighted by atomic mass is 9.68. The van der Waals surface area contributed by atoms with Crippen LogP contribution in [0.1, 0.15) is 24.0 Å². The van der Waals surface area contributed by atoms with Gasteiger partial charge >= 0.3 is 12.3 Å². The van der Waals surface area contributed by atoms with E-state index in [0.717, 1.165) is 6.07 Å². The fourth-order valence-electron chi connectivity index (χ4n) is 3.88. The van der Waals surface area contributed by atoms with Gasteiger partial charge in [-0.2, -0.15) is 13.2 Å². The molecule has 2 saturated heterocycles. The summed E-state index contributed by atoms with van der Waals surface area (Å²) in [7, 11) is 0. The van der Waals surface area contributed by atoms with Gasteiger partial charge in [-0.25, -0.2) is 13.6 Å². The maximum Gasteiger partial charge on any atom is 0.419 e. The van der Waals surface area contributed by atoms with E-state index in [0.29, 0.717) is 18.9 Å². The van der Waals surface area contributed by atoms with Crippen molar-refractivity contribution in [1.29, 1.82) is 0 Å². The molecule has 1 N–H and O–H groups in total. The maximum atomic E-state index is 13.8. The van der Waals surface area contributed by atoms with Gasteiger partial charge in [-0.3, -0.25) is 4.79 Å². The minimum absolute atomic E-state index is 0.0802. The van der Waals surface area contributed by atoms with Crippen molar-refractivity contribution < 1.29 is 41.0 Å². The fourth-order valence-corrected chi connectivity index (χ4v) is 3.88. The maximum absolute atomic E-state index is 13.8. The number of hydrogen-bond donors (Lipinski definition) is 1. The Balaban J connectivity index is 1.24. The van der Waals surface area contributed by atoms with E-state index in [9.17, 15) is 31.5 Å². The highest BCUT2D eigenvalue weighted by atomic mass is 19.4. The molecule has 1 aromatic carbocycles. The van der Waals surface area contributed by atoms with Crippen molar-refractivity contribution in [1.82, 2.24) is 10.2 Å². The van der Waals surface area contributed by atoms with Crippen LogP contribution in [0.25, 0.3) is 0 Å². The van der Waals surface area contributed by atoms with E-state index in [4.69, 9.17) is 9.47 Å². The zero-order valence-corrected chi connectivity index (χ0v) is 15.0. The Labute approximate surface area is 161 Å². The topological polar surface area (TPSA) is 67.9 Å². The first kappa shape index (κ1) is 19.9. The Morgan fingerprint density at radius 2 is 1.93 bits per heavy atom. The van der Waals surface area contributed by atoms with E-state index in [1.54, 1.807) is 4.90 Å². The number of amides is 2. The molecule has 1 aromatic rings. The molecule has 0 unspecified atom stereocenters. The normalized spacial score (nSPS) is 26.7. The van der Waals surface area contributed by atoms with E-state index in [1.807, 2.05) is 0 Å². The summed E-state index contributed by atoms with van der Waals surface area (Å²) in [6.45, 7) is 0.367. The summed E-state index contributed by atoms with van der Waals surface area (Å²) in [5.41, 5.74) is -2.44. The molecule has 2 aliphatic heterocycles. The molecule has 2 amide bonds. The molecule has 11 heteroatoms. The summed E-state index contributed by atoms with van der Waals surface area (Å²) >= 11 is 0. The van der Waals surface area contributed by atoms with Crippen LogP contribution in [0.3, 0.4) is 0 Å². The molecular weight excluding hydrogens is 403 g/mol. The molecule has 0 aromatic heterocycles. The molecule has 0 bridgehead atoms. The van der Waals surface area contributed by atoms with Crippen LogP contribution >= 0.6 is 0 Å². The van der Waals surface area contributed by atoms with E-state index >= 15 is 0 Å². The molecular formula is C18H17F5N2O4. The van der Waals surface area contributed by atoms with Crippen molar-refractivity contribution >= 4 is 12.0 Å². The van der Waals surface area contributed by atoms with E-state index in [-0.39, 0.29) is 37.1 Å². The highest BCUT2D eigenvalue weighted by molar-refractivity contribution is 5.82. The zero-order valence-electron chi connectivity index (χ0n) is 15.0. The number of alkyl halides is 3. The molecule has 4 rings (SSSR count). The first-order valence-corrected chi connectivity index (χ1v) is 8.97. The van der Waals surface area contributed by atoms with Gasteiger partial charge in [0, 0.05) is 24.6 Å². The Bertz CT molecular complexity index is 847. The predicted octanol–water partition coefficient (Wildman–Crippen LogP) is 2.60. The Kier molecular flexibility index (Phi) is 4.67. The first-order chi connectivity index (χ1) is 13.6. The van der Waals surface area contributed by atoms with Crippen molar-refractivity contribution in [3.63, 3.8) is 0 Å². The van der Waals surface area contributed by atoms with Gasteiger partial charge in [-0.15, -0.1) is 0 Å².